The summed E-state index contributed by atoms with van der Waals surface area (Å²) in [7, 11) is 0. The molecule has 0 aromatic carbocycles. The maximum absolute atomic E-state index is 11.3. The number of likely N-dealkylation sites (N-methyl/N-ethyl adjacent to an activating group) is 1. The Bertz CT molecular complexity index is 282. The summed E-state index contributed by atoms with van der Waals surface area (Å²) in [4.78, 5) is 13.9. The zero-order valence-corrected chi connectivity index (χ0v) is 11.5. The van der Waals surface area contributed by atoms with Gasteiger partial charge in [0.25, 0.3) is 0 Å². The summed E-state index contributed by atoms with van der Waals surface area (Å²) in [5, 5.41) is 3.18. The third-order valence-corrected chi connectivity index (χ3v) is 4.62. The molecule has 4 heteroatoms. The summed E-state index contributed by atoms with van der Waals surface area (Å²) < 4.78 is 0. The number of hydrogen-bond donors (Lipinski definition) is 2. The minimum Gasteiger partial charge on any atom is -0.368 e. The highest BCUT2D eigenvalue weighted by atomic mass is 16.1. The number of primary amides is 1. The third-order valence-electron chi connectivity index (χ3n) is 4.62. The van der Waals surface area contributed by atoms with Crippen molar-refractivity contribution in [1.29, 1.82) is 0 Å². The Labute approximate surface area is 110 Å². The number of amides is 1. The van der Waals surface area contributed by atoms with E-state index in [4.69, 9.17) is 5.73 Å². The van der Waals surface area contributed by atoms with E-state index in [-0.39, 0.29) is 11.9 Å². The monoisotopic (exact) mass is 253 g/mol. The maximum atomic E-state index is 11.3. The molecule has 1 saturated carbocycles. The molecule has 1 aliphatic carbocycles. The molecule has 0 bridgehead atoms. The van der Waals surface area contributed by atoms with Crippen molar-refractivity contribution in [2.75, 3.05) is 19.6 Å². The van der Waals surface area contributed by atoms with Crippen LogP contribution < -0.4 is 11.1 Å². The Morgan fingerprint density at radius 1 is 1.39 bits per heavy atom. The van der Waals surface area contributed by atoms with Crippen molar-refractivity contribution >= 4 is 5.91 Å². The van der Waals surface area contributed by atoms with Crippen molar-refractivity contribution < 1.29 is 4.79 Å². The third kappa shape index (κ3) is 3.23. The Hall–Kier alpha value is -0.610. The predicted octanol–water partition coefficient (Wildman–Crippen LogP) is 1.10. The van der Waals surface area contributed by atoms with Crippen molar-refractivity contribution in [1.82, 2.24) is 10.2 Å². The number of carbonyl (C=O) groups is 1. The summed E-state index contributed by atoms with van der Waals surface area (Å²) in [6, 6.07) is 0.631. The van der Waals surface area contributed by atoms with Gasteiger partial charge in [-0.25, -0.2) is 0 Å². The molecule has 1 saturated heterocycles. The maximum Gasteiger partial charge on any atom is 0.234 e. The van der Waals surface area contributed by atoms with Crippen LogP contribution in [-0.2, 0) is 4.79 Å². The van der Waals surface area contributed by atoms with E-state index in [0.29, 0.717) is 0 Å². The second kappa shape index (κ2) is 6.53. The first-order valence-electron chi connectivity index (χ1n) is 7.49. The predicted molar refractivity (Wildman–Crippen MR) is 73.2 cm³/mol. The van der Waals surface area contributed by atoms with Crippen LogP contribution in [0.3, 0.4) is 0 Å². The van der Waals surface area contributed by atoms with Crippen molar-refractivity contribution in [2.24, 2.45) is 11.7 Å². The Kier molecular flexibility index (Phi) is 5.01. The van der Waals surface area contributed by atoms with Crippen LogP contribution in [0.2, 0.25) is 0 Å². The Morgan fingerprint density at radius 2 is 2.17 bits per heavy atom. The fraction of sp³-hybridized carbons (Fsp3) is 0.929. The molecule has 104 valence electrons. The molecule has 1 aliphatic heterocycles. The highest BCUT2D eigenvalue weighted by Gasteiger charge is 2.35. The molecule has 1 amide bonds. The summed E-state index contributed by atoms with van der Waals surface area (Å²) in [5.41, 5.74) is 5.42. The van der Waals surface area contributed by atoms with Gasteiger partial charge in [-0.1, -0.05) is 19.8 Å². The molecule has 0 radical (unpaired) electrons. The standard InChI is InChI=1S/C14H27N3O/c1-2-16-12(14(15)18)8-10-17-9-7-11-5-3-4-6-13(11)17/h11-13,16H,2-10H2,1H3,(H2,15,18). The van der Waals surface area contributed by atoms with Crippen LogP contribution >= 0.6 is 0 Å². The van der Waals surface area contributed by atoms with Crippen molar-refractivity contribution in [3.05, 3.63) is 0 Å². The lowest BCUT2D eigenvalue weighted by molar-refractivity contribution is -0.120. The van der Waals surface area contributed by atoms with Crippen LogP contribution in [-0.4, -0.2) is 42.5 Å². The number of rotatable bonds is 6. The molecule has 4 nitrogen and oxygen atoms in total. The number of likely N-dealkylation sites (tertiary alicyclic amines) is 1. The van der Waals surface area contributed by atoms with E-state index >= 15 is 0 Å². The van der Waals surface area contributed by atoms with Crippen LogP contribution in [0.4, 0.5) is 0 Å². The lowest BCUT2D eigenvalue weighted by atomic mass is 9.85. The van der Waals surface area contributed by atoms with Gasteiger partial charge in [-0.2, -0.15) is 0 Å². The molecule has 2 aliphatic rings. The zero-order valence-electron chi connectivity index (χ0n) is 11.5. The smallest absolute Gasteiger partial charge is 0.234 e. The number of hydrogen-bond acceptors (Lipinski definition) is 3. The lowest BCUT2D eigenvalue weighted by Gasteiger charge is -2.32. The van der Waals surface area contributed by atoms with Crippen LogP contribution in [0.15, 0.2) is 0 Å². The van der Waals surface area contributed by atoms with Crippen molar-refractivity contribution in [3.63, 3.8) is 0 Å². The minimum absolute atomic E-state index is 0.155. The molecule has 0 spiro atoms. The van der Waals surface area contributed by atoms with Crippen LogP contribution in [0.5, 0.6) is 0 Å². The van der Waals surface area contributed by atoms with Gasteiger partial charge in [0.15, 0.2) is 0 Å². The molecule has 3 N–H and O–H groups in total. The van der Waals surface area contributed by atoms with Crippen LogP contribution in [0.25, 0.3) is 0 Å². The highest BCUT2D eigenvalue weighted by Crippen LogP contribution is 2.36. The van der Waals surface area contributed by atoms with Gasteiger partial charge < -0.3 is 16.0 Å². The molecule has 0 aromatic heterocycles. The fourth-order valence-electron chi connectivity index (χ4n) is 3.67. The van der Waals surface area contributed by atoms with E-state index in [1.54, 1.807) is 0 Å². The minimum atomic E-state index is -0.212. The van der Waals surface area contributed by atoms with E-state index in [9.17, 15) is 4.79 Å². The van der Waals surface area contributed by atoms with Gasteiger partial charge in [0.1, 0.15) is 0 Å². The van der Waals surface area contributed by atoms with E-state index < -0.39 is 0 Å². The molecule has 2 fully saturated rings. The molecule has 3 unspecified atom stereocenters. The summed E-state index contributed by atoms with van der Waals surface area (Å²) in [6.07, 6.45) is 7.76. The van der Waals surface area contributed by atoms with E-state index in [2.05, 4.69) is 10.2 Å². The molecule has 1 heterocycles. The second-order valence-electron chi connectivity index (χ2n) is 5.74. The first-order valence-corrected chi connectivity index (χ1v) is 7.49. The van der Waals surface area contributed by atoms with E-state index in [0.717, 1.165) is 31.5 Å². The summed E-state index contributed by atoms with van der Waals surface area (Å²) >= 11 is 0. The van der Waals surface area contributed by atoms with Gasteiger partial charge in [-0.3, -0.25) is 4.79 Å². The molecule has 2 rings (SSSR count). The van der Waals surface area contributed by atoms with Crippen molar-refractivity contribution in [3.8, 4) is 0 Å². The highest BCUT2D eigenvalue weighted by molar-refractivity contribution is 5.79. The van der Waals surface area contributed by atoms with Crippen molar-refractivity contribution in [2.45, 2.75) is 57.5 Å². The zero-order chi connectivity index (χ0) is 13.0. The molecule has 3 atom stereocenters. The van der Waals surface area contributed by atoms with Crippen LogP contribution in [0, 0.1) is 5.92 Å². The molecule has 18 heavy (non-hydrogen) atoms. The van der Waals surface area contributed by atoms with Gasteiger partial charge in [0.05, 0.1) is 6.04 Å². The normalized spacial score (nSPS) is 30.1. The first kappa shape index (κ1) is 13.8. The molecular formula is C14H27N3O. The Morgan fingerprint density at radius 3 is 2.89 bits per heavy atom. The van der Waals surface area contributed by atoms with Gasteiger partial charge in [-0.05, 0) is 44.7 Å². The van der Waals surface area contributed by atoms with Gasteiger partial charge >= 0.3 is 0 Å². The average Bonchev–Trinajstić information content (AvgIpc) is 2.77. The average molecular weight is 253 g/mol. The number of nitrogens with one attached hydrogen (secondary N) is 1. The number of fused-ring (bicyclic) bond motifs is 1. The molecular weight excluding hydrogens is 226 g/mol. The largest absolute Gasteiger partial charge is 0.368 e. The first-order chi connectivity index (χ1) is 8.72. The lowest BCUT2D eigenvalue weighted by Crippen LogP contribution is -2.44. The van der Waals surface area contributed by atoms with Gasteiger partial charge in [0.2, 0.25) is 5.91 Å². The van der Waals surface area contributed by atoms with Gasteiger partial charge in [0, 0.05) is 12.6 Å². The SMILES string of the molecule is CCNC(CCN1CCC2CCCCC21)C(N)=O. The van der Waals surface area contributed by atoms with Gasteiger partial charge in [-0.15, -0.1) is 0 Å². The fourth-order valence-corrected chi connectivity index (χ4v) is 3.67. The summed E-state index contributed by atoms with van der Waals surface area (Å²) in [5.74, 6) is 0.709. The second-order valence-corrected chi connectivity index (χ2v) is 5.74. The van der Waals surface area contributed by atoms with Crippen LogP contribution in [0.1, 0.15) is 45.4 Å². The summed E-state index contributed by atoms with van der Waals surface area (Å²) in [6.45, 7) is 5.05. The Balaban J connectivity index is 1.80. The van der Waals surface area contributed by atoms with E-state index in [1.807, 2.05) is 6.92 Å². The number of carbonyl (C=O) groups excluding carboxylic acids is 1. The molecule has 0 aromatic rings. The quantitative estimate of drug-likeness (QED) is 0.745. The topological polar surface area (TPSA) is 58.4 Å². The number of nitrogens with zero attached hydrogens (tertiary/aromatic N) is 1. The van der Waals surface area contributed by atoms with E-state index in [1.165, 1.54) is 38.6 Å². The number of nitrogens with two attached hydrogens (primary N) is 1.